The summed E-state index contributed by atoms with van der Waals surface area (Å²) in [5, 5.41) is 9.18. The fourth-order valence-electron chi connectivity index (χ4n) is 2.67. The average molecular weight is 378 g/mol. The molecule has 1 atom stereocenters. The van der Waals surface area contributed by atoms with E-state index >= 15 is 0 Å². The van der Waals surface area contributed by atoms with Crippen molar-refractivity contribution in [1.82, 2.24) is 4.98 Å². The van der Waals surface area contributed by atoms with E-state index in [0.29, 0.717) is 29.7 Å². The molecule has 1 aromatic heterocycles. The van der Waals surface area contributed by atoms with Crippen LogP contribution in [0.15, 0.2) is 34.8 Å². The normalized spacial score (nSPS) is 20.1. The smallest absolute Gasteiger partial charge is 0.309 e. The zero-order valence-corrected chi connectivity index (χ0v) is 15.9. The molecule has 1 aliphatic rings. The molecule has 3 rings (SSSR count). The number of benzene rings is 1. The van der Waals surface area contributed by atoms with E-state index < -0.39 is 10.2 Å². The van der Waals surface area contributed by atoms with E-state index in [2.05, 4.69) is 18.8 Å². The lowest BCUT2D eigenvalue weighted by molar-refractivity contribution is -0.136. The first-order chi connectivity index (χ1) is 11.7. The van der Waals surface area contributed by atoms with E-state index in [1.165, 1.54) is 17.3 Å². The number of halogens is 1. The van der Waals surface area contributed by atoms with Gasteiger partial charge in [-0.2, -0.15) is 0 Å². The highest BCUT2D eigenvalue weighted by Gasteiger charge is 2.32. The number of carboxylic acids is 1. The van der Waals surface area contributed by atoms with Crippen molar-refractivity contribution in [1.29, 1.82) is 0 Å². The molecule has 1 N–H and O–H groups in total. The van der Waals surface area contributed by atoms with Gasteiger partial charge in [-0.1, -0.05) is 43.8 Å². The van der Waals surface area contributed by atoms with Crippen molar-refractivity contribution in [3.63, 3.8) is 0 Å². The number of hydrogen-bond donors (Lipinski definition) is 1. The third-order valence-corrected chi connectivity index (χ3v) is 5.59. The topological polar surface area (TPSA) is 63.3 Å². The SMILES string of the molecule is CC(C)c1ccc(-c2nc(CC(=O)O)c(C3=CCC(C)(Cl)S3)o2)cc1. The second-order valence-corrected chi connectivity index (χ2v) is 9.22. The number of oxazole rings is 1. The Kier molecular flexibility index (Phi) is 4.98. The zero-order valence-electron chi connectivity index (χ0n) is 14.4. The fraction of sp³-hybridized carbons (Fsp3) is 0.368. The van der Waals surface area contributed by atoms with E-state index in [0.717, 1.165) is 10.5 Å². The number of nitrogens with zero attached hydrogens (tertiary/aromatic N) is 1. The highest BCUT2D eigenvalue weighted by molar-refractivity contribution is 8.10. The van der Waals surface area contributed by atoms with Crippen molar-refractivity contribution in [3.8, 4) is 11.5 Å². The lowest BCUT2D eigenvalue weighted by Crippen LogP contribution is -2.04. The number of allylic oxidation sites excluding steroid dienone is 1. The molecule has 25 heavy (non-hydrogen) atoms. The number of thioether (sulfide) groups is 1. The van der Waals surface area contributed by atoms with Crippen LogP contribution in [0.5, 0.6) is 0 Å². The van der Waals surface area contributed by atoms with E-state index in [-0.39, 0.29) is 6.42 Å². The number of alkyl halides is 1. The van der Waals surface area contributed by atoms with Gasteiger partial charge in [0.25, 0.3) is 0 Å². The number of aromatic nitrogens is 1. The van der Waals surface area contributed by atoms with Gasteiger partial charge in [0.2, 0.25) is 5.89 Å². The van der Waals surface area contributed by atoms with Crippen molar-refractivity contribution >= 4 is 34.2 Å². The minimum atomic E-state index is -0.937. The molecule has 1 aliphatic heterocycles. The Balaban J connectivity index is 1.97. The van der Waals surface area contributed by atoms with Crippen LogP contribution >= 0.6 is 23.4 Å². The summed E-state index contributed by atoms with van der Waals surface area (Å²) in [5.74, 6) is 0.456. The molecule has 0 aliphatic carbocycles. The van der Waals surface area contributed by atoms with Gasteiger partial charge in [0.1, 0.15) is 0 Å². The summed E-state index contributed by atoms with van der Waals surface area (Å²) in [5.41, 5.74) is 2.50. The maximum absolute atomic E-state index is 11.2. The minimum Gasteiger partial charge on any atom is -0.481 e. The predicted octanol–water partition coefficient (Wildman–Crippen LogP) is 5.52. The molecule has 6 heteroatoms. The molecule has 0 spiro atoms. The molecule has 132 valence electrons. The molecule has 2 aromatic rings. The minimum absolute atomic E-state index is 0.181. The van der Waals surface area contributed by atoms with Crippen molar-refractivity contribution < 1.29 is 14.3 Å². The molecule has 0 saturated carbocycles. The van der Waals surface area contributed by atoms with Crippen LogP contribution in [-0.2, 0) is 11.2 Å². The second kappa shape index (κ2) is 6.89. The lowest BCUT2D eigenvalue weighted by atomic mass is 10.0. The summed E-state index contributed by atoms with van der Waals surface area (Å²) in [4.78, 5) is 16.5. The van der Waals surface area contributed by atoms with Crippen LogP contribution in [0.3, 0.4) is 0 Å². The van der Waals surface area contributed by atoms with E-state index in [9.17, 15) is 9.90 Å². The largest absolute Gasteiger partial charge is 0.481 e. The van der Waals surface area contributed by atoms with Gasteiger partial charge in [-0.05, 0) is 37.0 Å². The van der Waals surface area contributed by atoms with Crippen LogP contribution in [0.1, 0.15) is 50.1 Å². The Labute approximate surface area is 156 Å². The van der Waals surface area contributed by atoms with Crippen LogP contribution in [-0.4, -0.2) is 20.3 Å². The lowest BCUT2D eigenvalue weighted by Gasteiger charge is -2.12. The summed E-state index contributed by atoms with van der Waals surface area (Å²) in [7, 11) is 0. The van der Waals surface area contributed by atoms with Crippen LogP contribution in [0, 0.1) is 0 Å². The highest BCUT2D eigenvalue weighted by Crippen LogP contribution is 2.50. The van der Waals surface area contributed by atoms with Gasteiger partial charge >= 0.3 is 5.97 Å². The standard InChI is InChI=1S/C19H20ClNO3S/c1-11(2)12-4-6-13(7-5-12)18-21-14(10-16(22)23)17(24-18)15-8-9-19(3,20)25-15/h4-8,11H,9-10H2,1-3H3,(H,22,23). The van der Waals surface area contributed by atoms with E-state index in [1.807, 2.05) is 37.3 Å². The third-order valence-electron chi connectivity index (χ3n) is 4.04. The summed E-state index contributed by atoms with van der Waals surface area (Å²) < 4.78 is 5.53. The van der Waals surface area contributed by atoms with Gasteiger partial charge in [0, 0.05) is 10.5 Å². The van der Waals surface area contributed by atoms with E-state index in [4.69, 9.17) is 16.0 Å². The second-order valence-electron chi connectivity index (χ2n) is 6.62. The Bertz CT molecular complexity index is 822. The molecule has 0 radical (unpaired) electrons. The third kappa shape index (κ3) is 4.10. The van der Waals surface area contributed by atoms with Crippen molar-refractivity contribution in [2.45, 2.75) is 43.7 Å². The zero-order chi connectivity index (χ0) is 18.2. The predicted molar refractivity (Wildman–Crippen MR) is 102 cm³/mol. The quantitative estimate of drug-likeness (QED) is 0.694. The van der Waals surface area contributed by atoms with Crippen LogP contribution < -0.4 is 0 Å². The summed E-state index contributed by atoms with van der Waals surface area (Å²) >= 11 is 7.85. The maximum Gasteiger partial charge on any atom is 0.309 e. The Morgan fingerprint density at radius 2 is 2.08 bits per heavy atom. The number of rotatable bonds is 5. The number of carbonyl (C=O) groups is 1. The van der Waals surface area contributed by atoms with Gasteiger partial charge in [-0.3, -0.25) is 4.79 Å². The Morgan fingerprint density at radius 1 is 1.40 bits per heavy atom. The molecule has 0 bridgehead atoms. The molecule has 1 aromatic carbocycles. The monoisotopic (exact) mass is 377 g/mol. The molecule has 2 heterocycles. The van der Waals surface area contributed by atoms with Crippen molar-refractivity contribution in [2.24, 2.45) is 0 Å². The molecular weight excluding hydrogens is 358 g/mol. The Hall–Kier alpha value is -1.72. The summed E-state index contributed by atoms with van der Waals surface area (Å²) in [6, 6.07) is 8.00. The Morgan fingerprint density at radius 3 is 2.60 bits per heavy atom. The van der Waals surface area contributed by atoms with Crippen molar-refractivity contribution in [3.05, 3.63) is 47.4 Å². The molecule has 4 nitrogen and oxygen atoms in total. The summed E-state index contributed by atoms with van der Waals surface area (Å²) in [6.45, 7) is 6.20. The maximum atomic E-state index is 11.2. The van der Waals surface area contributed by atoms with Crippen LogP contribution in [0.25, 0.3) is 16.4 Å². The highest BCUT2D eigenvalue weighted by atomic mass is 35.5. The molecular formula is C19H20ClNO3S. The van der Waals surface area contributed by atoms with Gasteiger partial charge in [-0.25, -0.2) is 4.98 Å². The first-order valence-corrected chi connectivity index (χ1v) is 9.35. The van der Waals surface area contributed by atoms with Crippen molar-refractivity contribution in [2.75, 3.05) is 0 Å². The molecule has 1 unspecified atom stereocenters. The van der Waals surface area contributed by atoms with Gasteiger partial charge in [0.15, 0.2) is 5.76 Å². The average Bonchev–Trinajstić information content (AvgIpc) is 3.10. The van der Waals surface area contributed by atoms with Crippen LogP contribution in [0.2, 0.25) is 0 Å². The first-order valence-electron chi connectivity index (χ1n) is 8.15. The molecule has 0 fully saturated rings. The van der Waals surface area contributed by atoms with Gasteiger partial charge in [0.05, 0.1) is 16.3 Å². The van der Waals surface area contributed by atoms with E-state index in [1.54, 1.807) is 0 Å². The van der Waals surface area contributed by atoms with Crippen LogP contribution in [0.4, 0.5) is 0 Å². The first kappa shape index (κ1) is 18.1. The number of aliphatic carboxylic acids is 1. The summed E-state index contributed by atoms with van der Waals surface area (Å²) in [6.07, 6.45) is 2.50. The number of carboxylic acid groups (broad SMARTS) is 1. The number of hydrogen-bond acceptors (Lipinski definition) is 4. The van der Waals surface area contributed by atoms with Gasteiger partial charge < -0.3 is 9.52 Å². The van der Waals surface area contributed by atoms with Gasteiger partial charge in [-0.15, -0.1) is 11.6 Å². The molecule has 0 saturated heterocycles. The molecule has 0 amide bonds. The fourth-order valence-corrected chi connectivity index (χ4v) is 4.04.